The molecule has 1 aliphatic rings. The Bertz CT molecular complexity index is 1240. The third-order valence-electron chi connectivity index (χ3n) is 5.53. The molecule has 0 fully saturated rings. The van der Waals surface area contributed by atoms with Gasteiger partial charge in [0.05, 0.1) is 21.2 Å². The summed E-state index contributed by atoms with van der Waals surface area (Å²) in [6, 6.07) is 15.8. The molecule has 0 heterocycles. The molecule has 0 atom stereocenters. The Kier molecular flexibility index (Phi) is 7.20. The van der Waals surface area contributed by atoms with Gasteiger partial charge in [-0.25, -0.2) is 9.59 Å². The minimum atomic E-state index is -1.30. The third kappa shape index (κ3) is 4.93. The number of ether oxygens (including phenoxy) is 2. The first-order valence-corrected chi connectivity index (χ1v) is 11.6. The standard InChI is InChI=1S/C25H16Cl4O5/c26-15-5-7-18(20(28)9-15)23(31)33-12-25(11-14-3-1-2-4-17(14)22(25)30)13-34-24(32)19-8-6-16(27)10-21(19)29/h1-10H,11-13H2. The number of esters is 2. The van der Waals surface area contributed by atoms with E-state index in [1.54, 1.807) is 18.2 Å². The monoisotopic (exact) mass is 536 g/mol. The Morgan fingerprint density at radius 1 is 0.765 bits per heavy atom. The Labute approximate surface area is 215 Å². The lowest BCUT2D eigenvalue weighted by Gasteiger charge is -2.26. The number of carbonyl (C=O) groups is 3. The van der Waals surface area contributed by atoms with Crippen molar-refractivity contribution >= 4 is 64.1 Å². The number of benzene rings is 3. The topological polar surface area (TPSA) is 69.7 Å². The zero-order chi connectivity index (χ0) is 24.5. The van der Waals surface area contributed by atoms with Gasteiger partial charge in [-0.05, 0) is 48.4 Å². The Morgan fingerprint density at radius 2 is 1.26 bits per heavy atom. The molecule has 0 aromatic heterocycles. The van der Waals surface area contributed by atoms with E-state index in [9.17, 15) is 14.4 Å². The Morgan fingerprint density at radius 3 is 1.74 bits per heavy atom. The molecule has 0 N–H and O–H groups in total. The van der Waals surface area contributed by atoms with E-state index in [0.717, 1.165) is 5.56 Å². The number of halogens is 4. The summed E-state index contributed by atoms with van der Waals surface area (Å²) in [6.07, 6.45) is 0.227. The molecule has 9 heteroatoms. The molecule has 1 aliphatic carbocycles. The number of rotatable bonds is 6. The second-order valence-electron chi connectivity index (χ2n) is 7.84. The van der Waals surface area contributed by atoms with Crippen molar-refractivity contribution in [2.75, 3.05) is 13.2 Å². The van der Waals surface area contributed by atoms with E-state index < -0.39 is 17.4 Å². The molecule has 4 rings (SSSR count). The molecule has 0 spiro atoms. The average Bonchev–Trinajstić information content (AvgIpc) is 3.08. The highest BCUT2D eigenvalue weighted by Gasteiger charge is 2.48. The van der Waals surface area contributed by atoms with Crippen LogP contribution in [0.4, 0.5) is 0 Å². The summed E-state index contributed by atoms with van der Waals surface area (Å²) in [4.78, 5) is 38.8. The van der Waals surface area contributed by atoms with Gasteiger partial charge in [0.1, 0.15) is 18.6 Å². The van der Waals surface area contributed by atoms with Crippen molar-refractivity contribution in [2.45, 2.75) is 6.42 Å². The largest absolute Gasteiger partial charge is 0.461 e. The van der Waals surface area contributed by atoms with Gasteiger partial charge in [0.2, 0.25) is 0 Å². The van der Waals surface area contributed by atoms with Gasteiger partial charge < -0.3 is 9.47 Å². The Hall–Kier alpha value is -2.57. The molecule has 0 unspecified atom stereocenters. The molecular weight excluding hydrogens is 522 g/mol. The van der Waals surface area contributed by atoms with Crippen molar-refractivity contribution in [1.29, 1.82) is 0 Å². The second kappa shape index (κ2) is 9.96. The molecule has 174 valence electrons. The summed E-state index contributed by atoms with van der Waals surface area (Å²) in [5, 5.41) is 0.979. The summed E-state index contributed by atoms with van der Waals surface area (Å²) in [6.45, 7) is -0.639. The summed E-state index contributed by atoms with van der Waals surface area (Å²) >= 11 is 24.0. The average molecular weight is 538 g/mol. The summed E-state index contributed by atoms with van der Waals surface area (Å²) < 4.78 is 11.0. The van der Waals surface area contributed by atoms with Gasteiger partial charge in [-0.2, -0.15) is 0 Å². The summed E-state index contributed by atoms with van der Waals surface area (Å²) in [5.74, 6) is -1.73. The number of Topliss-reactive ketones (excluding diaryl/α,β-unsaturated/α-hetero) is 1. The van der Waals surface area contributed by atoms with E-state index in [1.165, 1.54) is 36.4 Å². The van der Waals surface area contributed by atoms with Crippen LogP contribution in [0.5, 0.6) is 0 Å². The maximum atomic E-state index is 13.4. The molecule has 34 heavy (non-hydrogen) atoms. The van der Waals surface area contributed by atoms with Crippen LogP contribution in [-0.4, -0.2) is 30.9 Å². The first-order chi connectivity index (χ1) is 16.2. The van der Waals surface area contributed by atoms with Gasteiger partial charge in [-0.15, -0.1) is 0 Å². The molecule has 3 aromatic rings. The van der Waals surface area contributed by atoms with Crippen molar-refractivity contribution in [3.05, 3.63) is 103 Å². The highest BCUT2D eigenvalue weighted by Crippen LogP contribution is 2.38. The van der Waals surface area contributed by atoms with Gasteiger partial charge in [-0.1, -0.05) is 70.7 Å². The predicted octanol–water partition coefficient (Wildman–Crippen LogP) is 6.74. The van der Waals surface area contributed by atoms with E-state index in [-0.39, 0.29) is 46.6 Å². The lowest BCUT2D eigenvalue weighted by Crippen LogP contribution is -2.40. The van der Waals surface area contributed by atoms with Crippen LogP contribution < -0.4 is 0 Å². The fourth-order valence-corrected chi connectivity index (χ4v) is 4.75. The highest BCUT2D eigenvalue weighted by molar-refractivity contribution is 6.37. The van der Waals surface area contributed by atoms with Gasteiger partial charge in [0.25, 0.3) is 0 Å². The van der Waals surface area contributed by atoms with Crippen LogP contribution in [0, 0.1) is 5.41 Å². The zero-order valence-electron chi connectivity index (χ0n) is 17.4. The summed E-state index contributed by atoms with van der Waals surface area (Å²) in [7, 11) is 0. The zero-order valence-corrected chi connectivity index (χ0v) is 20.5. The maximum absolute atomic E-state index is 13.4. The third-order valence-corrected chi connectivity index (χ3v) is 6.63. The number of fused-ring (bicyclic) bond motifs is 1. The fourth-order valence-electron chi connectivity index (χ4n) is 3.77. The highest BCUT2D eigenvalue weighted by atomic mass is 35.5. The van der Waals surface area contributed by atoms with Crippen LogP contribution in [0.15, 0.2) is 60.7 Å². The maximum Gasteiger partial charge on any atom is 0.339 e. The summed E-state index contributed by atoms with van der Waals surface area (Å²) in [5.41, 5.74) is 0.174. The molecule has 0 aliphatic heterocycles. The van der Waals surface area contributed by atoms with Crippen molar-refractivity contribution in [3.8, 4) is 0 Å². The van der Waals surface area contributed by atoms with Crippen LogP contribution >= 0.6 is 46.4 Å². The lowest BCUT2D eigenvalue weighted by atomic mass is 9.85. The first-order valence-electron chi connectivity index (χ1n) is 10.1. The van der Waals surface area contributed by atoms with Crippen molar-refractivity contribution in [1.82, 2.24) is 0 Å². The fraction of sp³-hybridized carbons (Fsp3) is 0.160. The van der Waals surface area contributed by atoms with E-state index in [4.69, 9.17) is 55.9 Å². The van der Waals surface area contributed by atoms with Crippen molar-refractivity contribution in [2.24, 2.45) is 5.41 Å². The van der Waals surface area contributed by atoms with Crippen LogP contribution in [0.2, 0.25) is 20.1 Å². The normalized spacial score (nSPS) is 13.9. The quantitative estimate of drug-likeness (QED) is 0.326. The predicted molar refractivity (Wildman–Crippen MR) is 130 cm³/mol. The molecule has 0 radical (unpaired) electrons. The van der Waals surface area contributed by atoms with Gasteiger partial charge >= 0.3 is 11.9 Å². The number of hydrogen-bond acceptors (Lipinski definition) is 5. The van der Waals surface area contributed by atoms with Crippen LogP contribution in [0.3, 0.4) is 0 Å². The van der Waals surface area contributed by atoms with Gasteiger partial charge in [0.15, 0.2) is 5.78 Å². The van der Waals surface area contributed by atoms with Crippen LogP contribution in [-0.2, 0) is 15.9 Å². The number of carbonyl (C=O) groups excluding carboxylic acids is 3. The van der Waals surface area contributed by atoms with E-state index >= 15 is 0 Å². The van der Waals surface area contributed by atoms with E-state index in [2.05, 4.69) is 0 Å². The first kappa shape index (κ1) is 24.6. The van der Waals surface area contributed by atoms with Crippen LogP contribution in [0.25, 0.3) is 0 Å². The number of ketones is 1. The number of hydrogen-bond donors (Lipinski definition) is 0. The van der Waals surface area contributed by atoms with E-state index in [1.807, 2.05) is 6.07 Å². The minimum Gasteiger partial charge on any atom is -0.461 e. The van der Waals surface area contributed by atoms with Gasteiger partial charge in [0, 0.05) is 15.6 Å². The second-order valence-corrected chi connectivity index (χ2v) is 9.53. The van der Waals surface area contributed by atoms with Gasteiger partial charge in [-0.3, -0.25) is 4.79 Å². The molecule has 0 bridgehead atoms. The molecule has 0 saturated carbocycles. The van der Waals surface area contributed by atoms with E-state index in [0.29, 0.717) is 15.6 Å². The molecule has 3 aromatic carbocycles. The molecule has 5 nitrogen and oxygen atoms in total. The Balaban J connectivity index is 1.56. The molecular formula is C25H16Cl4O5. The lowest BCUT2D eigenvalue weighted by molar-refractivity contribution is 0.00277. The molecule has 0 amide bonds. The minimum absolute atomic E-state index is 0.106. The van der Waals surface area contributed by atoms with Crippen LogP contribution in [0.1, 0.15) is 36.6 Å². The van der Waals surface area contributed by atoms with Crippen molar-refractivity contribution in [3.63, 3.8) is 0 Å². The van der Waals surface area contributed by atoms with Crippen molar-refractivity contribution < 1.29 is 23.9 Å². The molecule has 0 saturated heterocycles. The smallest absolute Gasteiger partial charge is 0.339 e. The SMILES string of the molecule is O=C(OCC1(COC(=O)c2ccc(Cl)cc2Cl)Cc2ccccc2C1=O)c1ccc(Cl)cc1Cl.